The number of carbonyl (C=O) groups excluding carboxylic acids is 2. The second-order valence-corrected chi connectivity index (χ2v) is 4.34. The molecular weight excluding hydrogens is 258 g/mol. The second kappa shape index (κ2) is 7.98. The van der Waals surface area contributed by atoms with Gasteiger partial charge in [0, 0.05) is 39.9 Å². The van der Waals surface area contributed by atoms with Crippen LogP contribution in [0.15, 0.2) is 18.3 Å². The molecule has 20 heavy (non-hydrogen) atoms. The van der Waals surface area contributed by atoms with Gasteiger partial charge < -0.3 is 20.9 Å². The summed E-state index contributed by atoms with van der Waals surface area (Å²) in [4.78, 5) is 28.6. The molecule has 0 aliphatic rings. The molecule has 0 fully saturated rings. The second-order valence-electron chi connectivity index (χ2n) is 4.34. The number of amides is 3. The van der Waals surface area contributed by atoms with Crippen molar-refractivity contribution in [3.8, 4) is 0 Å². The van der Waals surface area contributed by atoms with Crippen LogP contribution in [0.1, 0.15) is 17.3 Å². The summed E-state index contributed by atoms with van der Waals surface area (Å²) in [5.41, 5.74) is 0.491. The Kier molecular flexibility index (Phi) is 6.28. The van der Waals surface area contributed by atoms with Crippen LogP contribution in [0.5, 0.6) is 0 Å². The first kappa shape index (κ1) is 15.7. The number of nitrogens with zero attached hydrogens (tertiary/aromatic N) is 2. The van der Waals surface area contributed by atoms with Crippen LogP contribution < -0.4 is 16.0 Å². The quantitative estimate of drug-likeness (QED) is 0.662. The SMILES string of the molecule is CCNc1ccc(C(=O)NCCNC(=O)N(C)C)cn1. The summed E-state index contributed by atoms with van der Waals surface area (Å²) in [5, 5.41) is 8.43. The first-order chi connectivity index (χ1) is 9.54. The summed E-state index contributed by atoms with van der Waals surface area (Å²) in [7, 11) is 3.32. The maximum atomic E-state index is 11.8. The predicted molar refractivity (Wildman–Crippen MR) is 77.8 cm³/mol. The minimum Gasteiger partial charge on any atom is -0.370 e. The lowest BCUT2D eigenvalue weighted by Crippen LogP contribution is -2.39. The Bertz CT molecular complexity index is 445. The minimum absolute atomic E-state index is 0.184. The van der Waals surface area contributed by atoms with Crippen molar-refractivity contribution < 1.29 is 9.59 Å². The number of aromatic nitrogens is 1. The van der Waals surface area contributed by atoms with Crippen LogP contribution >= 0.6 is 0 Å². The van der Waals surface area contributed by atoms with Crippen LogP contribution in [0, 0.1) is 0 Å². The molecule has 1 heterocycles. The summed E-state index contributed by atoms with van der Waals surface area (Å²) in [5.74, 6) is 0.530. The Morgan fingerprint density at radius 2 is 1.90 bits per heavy atom. The highest BCUT2D eigenvalue weighted by atomic mass is 16.2. The Labute approximate surface area is 118 Å². The average Bonchev–Trinajstić information content (AvgIpc) is 2.44. The maximum Gasteiger partial charge on any atom is 0.316 e. The van der Waals surface area contributed by atoms with Crippen molar-refractivity contribution in [2.45, 2.75) is 6.92 Å². The topological polar surface area (TPSA) is 86.4 Å². The summed E-state index contributed by atoms with van der Waals surface area (Å²) in [6.07, 6.45) is 1.52. The number of pyridine rings is 1. The molecule has 3 N–H and O–H groups in total. The molecule has 0 atom stereocenters. The zero-order valence-corrected chi connectivity index (χ0v) is 12.1. The van der Waals surface area contributed by atoms with Crippen LogP contribution in [-0.2, 0) is 0 Å². The molecule has 3 amide bonds. The van der Waals surface area contributed by atoms with E-state index >= 15 is 0 Å². The van der Waals surface area contributed by atoms with Crippen LogP contribution in [-0.4, -0.2) is 55.6 Å². The highest BCUT2D eigenvalue weighted by Gasteiger charge is 2.06. The molecule has 7 heteroatoms. The molecule has 0 saturated heterocycles. The fourth-order valence-corrected chi connectivity index (χ4v) is 1.42. The zero-order valence-electron chi connectivity index (χ0n) is 12.1. The molecule has 0 aliphatic carbocycles. The Morgan fingerprint density at radius 1 is 1.20 bits per heavy atom. The van der Waals surface area contributed by atoms with E-state index < -0.39 is 0 Å². The van der Waals surface area contributed by atoms with Crippen molar-refractivity contribution in [1.29, 1.82) is 0 Å². The van der Waals surface area contributed by atoms with Crippen molar-refractivity contribution in [2.75, 3.05) is 39.0 Å². The van der Waals surface area contributed by atoms with Gasteiger partial charge in [0.2, 0.25) is 0 Å². The van der Waals surface area contributed by atoms with E-state index in [1.54, 1.807) is 26.2 Å². The summed E-state index contributed by atoms with van der Waals surface area (Å²) in [6.45, 7) is 3.51. The molecule has 7 nitrogen and oxygen atoms in total. The van der Waals surface area contributed by atoms with Crippen LogP contribution in [0.4, 0.5) is 10.6 Å². The normalized spacial score (nSPS) is 9.75. The number of rotatable bonds is 6. The van der Waals surface area contributed by atoms with Gasteiger partial charge in [0.15, 0.2) is 0 Å². The lowest BCUT2D eigenvalue weighted by Gasteiger charge is -2.12. The maximum absolute atomic E-state index is 11.8. The van der Waals surface area contributed by atoms with Gasteiger partial charge in [0.05, 0.1) is 5.56 Å². The Hall–Kier alpha value is -2.31. The molecule has 1 rings (SSSR count). The third kappa shape index (κ3) is 5.13. The van der Waals surface area contributed by atoms with Gasteiger partial charge in [-0.2, -0.15) is 0 Å². The number of carbonyl (C=O) groups is 2. The van der Waals surface area contributed by atoms with E-state index in [9.17, 15) is 9.59 Å². The molecule has 1 aromatic heterocycles. The van der Waals surface area contributed by atoms with Gasteiger partial charge in [-0.3, -0.25) is 4.79 Å². The van der Waals surface area contributed by atoms with Gasteiger partial charge in [0.1, 0.15) is 5.82 Å². The van der Waals surface area contributed by atoms with Gasteiger partial charge in [-0.1, -0.05) is 0 Å². The summed E-state index contributed by atoms with van der Waals surface area (Å²) < 4.78 is 0. The van der Waals surface area contributed by atoms with Gasteiger partial charge in [-0.25, -0.2) is 9.78 Å². The summed E-state index contributed by atoms with van der Waals surface area (Å²) in [6, 6.07) is 3.28. The first-order valence-electron chi connectivity index (χ1n) is 6.48. The average molecular weight is 279 g/mol. The highest BCUT2D eigenvalue weighted by molar-refractivity contribution is 5.94. The largest absolute Gasteiger partial charge is 0.370 e. The van der Waals surface area contributed by atoms with E-state index in [2.05, 4.69) is 20.9 Å². The van der Waals surface area contributed by atoms with E-state index in [1.807, 2.05) is 6.92 Å². The van der Waals surface area contributed by atoms with Crippen LogP contribution in [0.25, 0.3) is 0 Å². The third-order valence-corrected chi connectivity index (χ3v) is 2.48. The van der Waals surface area contributed by atoms with Crippen molar-refractivity contribution in [3.63, 3.8) is 0 Å². The third-order valence-electron chi connectivity index (χ3n) is 2.48. The predicted octanol–water partition coefficient (Wildman–Crippen LogP) is 0.514. The van der Waals surface area contributed by atoms with Crippen molar-refractivity contribution >= 4 is 17.8 Å². The van der Waals surface area contributed by atoms with Crippen molar-refractivity contribution in [1.82, 2.24) is 20.5 Å². The number of hydrogen-bond acceptors (Lipinski definition) is 4. The Morgan fingerprint density at radius 3 is 2.45 bits per heavy atom. The van der Waals surface area contributed by atoms with Gasteiger partial charge >= 0.3 is 6.03 Å². The van der Waals surface area contributed by atoms with Crippen LogP contribution in [0.3, 0.4) is 0 Å². The van der Waals surface area contributed by atoms with E-state index in [1.165, 1.54) is 11.1 Å². The number of urea groups is 1. The molecule has 110 valence electrons. The number of hydrogen-bond donors (Lipinski definition) is 3. The smallest absolute Gasteiger partial charge is 0.316 e. The van der Waals surface area contributed by atoms with Crippen LogP contribution in [0.2, 0.25) is 0 Å². The number of anilines is 1. The molecule has 0 bridgehead atoms. The standard InChI is InChI=1S/C13H21N5O2/c1-4-14-11-6-5-10(9-17-11)12(19)15-7-8-16-13(20)18(2)3/h5-6,9H,4,7-8H2,1-3H3,(H,14,17)(H,15,19)(H,16,20). The molecule has 0 spiro atoms. The van der Waals surface area contributed by atoms with E-state index in [0.29, 0.717) is 18.7 Å². The zero-order chi connectivity index (χ0) is 15.0. The van der Waals surface area contributed by atoms with E-state index in [-0.39, 0.29) is 11.9 Å². The van der Waals surface area contributed by atoms with Gasteiger partial charge in [-0.05, 0) is 19.1 Å². The number of nitrogens with one attached hydrogen (secondary N) is 3. The first-order valence-corrected chi connectivity index (χ1v) is 6.48. The molecule has 0 radical (unpaired) electrons. The summed E-state index contributed by atoms with van der Waals surface area (Å²) >= 11 is 0. The molecular formula is C13H21N5O2. The van der Waals surface area contributed by atoms with E-state index in [4.69, 9.17) is 0 Å². The molecule has 0 aromatic carbocycles. The monoisotopic (exact) mass is 279 g/mol. The molecule has 1 aromatic rings. The molecule has 0 unspecified atom stereocenters. The highest BCUT2D eigenvalue weighted by Crippen LogP contribution is 2.04. The van der Waals surface area contributed by atoms with Crippen molar-refractivity contribution in [3.05, 3.63) is 23.9 Å². The van der Waals surface area contributed by atoms with E-state index in [0.717, 1.165) is 12.4 Å². The fourth-order valence-electron chi connectivity index (χ4n) is 1.42. The fraction of sp³-hybridized carbons (Fsp3) is 0.462. The van der Waals surface area contributed by atoms with Gasteiger partial charge in [0.25, 0.3) is 5.91 Å². The molecule has 0 saturated carbocycles. The minimum atomic E-state index is -0.209. The molecule has 0 aliphatic heterocycles. The Balaban J connectivity index is 2.34. The van der Waals surface area contributed by atoms with Crippen molar-refractivity contribution in [2.24, 2.45) is 0 Å². The lowest BCUT2D eigenvalue weighted by molar-refractivity contribution is 0.0953. The lowest BCUT2D eigenvalue weighted by atomic mass is 10.2. The van der Waals surface area contributed by atoms with Gasteiger partial charge in [-0.15, -0.1) is 0 Å².